The average molecular weight is 278 g/mol. The van der Waals surface area contributed by atoms with Crippen LogP contribution in [0.25, 0.3) is 0 Å². The summed E-state index contributed by atoms with van der Waals surface area (Å²) in [7, 11) is 0. The van der Waals surface area contributed by atoms with Gasteiger partial charge in [0.1, 0.15) is 5.82 Å². The van der Waals surface area contributed by atoms with Crippen LogP contribution in [0.2, 0.25) is 5.02 Å². The van der Waals surface area contributed by atoms with E-state index in [4.69, 9.17) is 11.6 Å². The summed E-state index contributed by atoms with van der Waals surface area (Å²) < 4.78 is 2.16. The second kappa shape index (κ2) is 5.33. The molecule has 0 amide bonds. The summed E-state index contributed by atoms with van der Waals surface area (Å²) >= 11 is 5.85. The van der Waals surface area contributed by atoms with Crippen LogP contribution in [-0.4, -0.2) is 32.6 Å². The summed E-state index contributed by atoms with van der Waals surface area (Å²) in [5.41, 5.74) is 0.901. The van der Waals surface area contributed by atoms with Crippen LogP contribution in [0.1, 0.15) is 17.5 Å². The molecule has 3 rings (SSSR count). The normalized spacial score (nSPS) is 17.2. The summed E-state index contributed by atoms with van der Waals surface area (Å²) in [5.74, 6) is 1.06. The lowest BCUT2D eigenvalue weighted by Gasteiger charge is -2.29. The SMILES string of the molecule is OC(CN1CCn2ccnc2C1)c1ccc(Cl)cc1. The van der Waals surface area contributed by atoms with Gasteiger partial charge in [0.25, 0.3) is 0 Å². The fourth-order valence-corrected chi connectivity index (χ4v) is 2.54. The second-order valence-electron chi connectivity index (χ2n) is 4.84. The Kier molecular flexibility index (Phi) is 3.55. The molecule has 0 radical (unpaired) electrons. The van der Waals surface area contributed by atoms with Crippen molar-refractivity contribution >= 4 is 11.6 Å². The number of hydrogen-bond acceptors (Lipinski definition) is 3. The summed E-state index contributed by atoms with van der Waals surface area (Å²) in [6.45, 7) is 3.28. The number of hydrogen-bond donors (Lipinski definition) is 1. The van der Waals surface area contributed by atoms with E-state index in [1.807, 2.05) is 36.7 Å². The van der Waals surface area contributed by atoms with Gasteiger partial charge in [-0.3, -0.25) is 4.90 Å². The predicted molar refractivity (Wildman–Crippen MR) is 73.9 cm³/mol. The molecule has 1 unspecified atom stereocenters. The van der Waals surface area contributed by atoms with E-state index in [9.17, 15) is 5.11 Å². The molecular formula is C14H16ClN3O. The van der Waals surface area contributed by atoms with Gasteiger partial charge in [-0.2, -0.15) is 0 Å². The monoisotopic (exact) mass is 277 g/mol. The molecule has 19 heavy (non-hydrogen) atoms. The minimum absolute atomic E-state index is 0.487. The molecule has 1 aliphatic rings. The van der Waals surface area contributed by atoms with Crippen molar-refractivity contribution in [1.82, 2.24) is 14.5 Å². The van der Waals surface area contributed by atoms with Gasteiger partial charge in [-0.1, -0.05) is 23.7 Å². The fourth-order valence-electron chi connectivity index (χ4n) is 2.41. The third-order valence-corrected chi connectivity index (χ3v) is 3.76. The fraction of sp³-hybridized carbons (Fsp3) is 0.357. The van der Waals surface area contributed by atoms with Gasteiger partial charge in [-0.15, -0.1) is 0 Å². The molecule has 0 fully saturated rings. The molecule has 4 nitrogen and oxygen atoms in total. The van der Waals surface area contributed by atoms with E-state index in [1.165, 1.54) is 0 Å². The summed E-state index contributed by atoms with van der Waals surface area (Å²) in [5, 5.41) is 10.9. The van der Waals surface area contributed by atoms with E-state index in [-0.39, 0.29) is 0 Å². The van der Waals surface area contributed by atoms with Crippen molar-refractivity contribution in [3.05, 3.63) is 53.1 Å². The Morgan fingerprint density at radius 1 is 1.26 bits per heavy atom. The molecule has 2 heterocycles. The molecule has 1 aliphatic heterocycles. The smallest absolute Gasteiger partial charge is 0.122 e. The van der Waals surface area contributed by atoms with Gasteiger partial charge in [0, 0.05) is 37.1 Å². The molecule has 2 aromatic rings. The summed E-state index contributed by atoms with van der Waals surface area (Å²) in [4.78, 5) is 6.54. The summed E-state index contributed by atoms with van der Waals surface area (Å²) in [6, 6.07) is 7.36. The van der Waals surface area contributed by atoms with Crippen molar-refractivity contribution in [2.24, 2.45) is 0 Å². The molecule has 0 bridgehead atoms. The van der Waals surface area contributed by atoms with Gasteiger partial charge in [0.15, 0.2) is 0 Å². The summed E-state index contributed by atoms with van der Waals surface area (Å²) in [6.07, 6.45) is 3.34. The molecule has 0 spiro atoms. The molecule has 5 heteroatoms. The van der Waals surface area contributed by atoms with Crippen LogP contribution >= 0.6 is 11.6 Å². The van der Waals surface area contributed by atoms with Crippen LogP contribution in [0.3, 0.4) is 0 Å². The first-order valence-corrected chi connectivity index (χ1v) is 6.76. The minimum atomic E-state index is -0.487. The average Bonchev–Trinajstić information content (AvgIpc) is 2.87. The molecule has 1 N–H and O–H groups in total. The zero-order valence-corrected chi connectivity index (χ0v) is 11.3. The number of halogens is 1. The molecule has 100 valence electrons. The number of nitrogens with zero attached hydrogens (tertiary/aromatic N) is 3. The Bertz CT molecular complexity index is 552. The zero-order chi connectivity index (χ0) is 13.2. The minimum Gasteiger partial charge on any atom is -0.387 e. The highest BCUT2D eigenvalue weighted by Gasteiger charge is 2.19. The van der Waals surface area contributed by atoms with Gasteiger partial charge in [-0.25, -0.2) is 4.98 Å². The maximum Gasteiger partial charge on any atom is 0.122 e. The van der Waals surface area contributed by atoms with Crippen LogP contribution < -0.4 is 0 Å². The molecule has 0 aliphatic carbocycles. The lowest BCUT2D eigenvalue weighted by Crippen LogP contribution is -2.36. The maximum absolute atomic E-state index is 10.3. The molecule has 0 saturated carbocycles. The van der Waals surface area contributed by atoms with Gasteiger partial charge < -0.3 is 9.67 Å². The van der Waals surface area contributed by atoms with Crippen molar-refractivity contribution < 1.29 is 5.11 Å². The topological polar surface area (TPSA) is 41.3 Å². The van der Waals surface area contributed by atoms with E-state index in [0.717, 1.165) is 31.0 Å². The van der Waals surface area contributed by atoms with E-state index >= 15 is 0 Å². The van der Waals surface area contributed by atoms with E-state index in [2.05, 4.69) is 14.5 Å². The highest BCUT2D eigenvalue weighted by atomic mass is 35.5. The van der Waals surface area contributed by atoms with Gasteiger partial charge in [0.2, 0.25) is 0 Å². The maximum atomic E-state index is 10.3. The van der Waals surface area contributed by atoms with E-state index < -0.39 is 6.10 Å². The number of β-amino-alcohol motifs (C(OH)–C–C–N with tert-alkyl or cyclic N) is 1. The quantitative estimate of drug-likeness (QED) is 0.934. The number of rotatable bonds is 3. The largest absolute Gasteiger partial charge is 0.387 e. The van der Waals surface area contributed by atoms with Crippen molar-refractivity contribution in [3.63, 3.8) is 0 Å². The molecule has 1 atom stereocenters. The van der Waals surface area contributed by atoms with Gasteiger partial charge >= 0.3 is 0 Å². The van der Waals surface area contributed by atoms with Crippen molar-refractivity contribution in [2.75, 3.05) is 13.1 Å². The van der Waals surface area contributed by atoms with Crippen molar-refractivity contribution in [3.8, 4) is 0 Å². The Morgan fingerprint density at radius 3 is 2.84 bits per heavy atom. The van der Waals surface area contributed by atoms with Crippen molar-refractivity contribution in [2.45, 2.75) is 19.2 Å². The molecular weight excluding hydrogens is 262 g/mol. The lowest BCUT2D eigenvalue weighted by molar-refractivity contribution is 0.0963. The number of benzene rings is 1. The number of aromatic nitrogens is 2. The highest BCUT2D eigenvalue weighted by molar-refractivity contribution is 6.30. The third-order valence-electron chi connectivity index (χ3n) is 3.51. The standard InChI is InChI=1S/C14H16ClN3O/c15-12-3-1-11(2-4-12)13(19)9-17-7-8-18-6-5-16-14(18)10-17/h1-6,13,19H,7-10H2. The van der Waals surface area contributed by atoms with Crippen LogP contribution in [0, 0.1) is 0 Å². The van der Waals surface area contributed by atoms with Crippen LogP contribution in [0.4, 0.5) is 0 Å². The van der Waals surface area contributed by atoms with Crippen molar-refractivity contribution in [1.29, 1.82) is 0 Å². The molecule has 1 aromatic heterocycles. The van der Waals surface area contributed by atoms with E-state index in [0.29, 0.717) is 11.6 Å². The van der Waals surface area contributed by atoms with Gasteiger partial charge in [0.05, 0.1) is 12.6 Å². The Hall–Kier alpha value is -1.36. The number of aliphatic hydroxyl groups is 1. The highest BCUT2D eigenvalue weighted by Crippen LogP contribution is 2.19. The number of imidazole rings is 1. The Balaban J connectivity index is 1.64. The van der Waals surface area contributed by atoms with E-state index in [1.54, 1.807) is 0 Å². The Labute approximate surface area is 117 Å². The second-order valence-corrected chi connectivity index (χ2v) is 5.28. The zero-order valence-electron chi connectivity index (χ0n) is 10.5. The number of fused-ring (bicyclic) bond motifs is 1. The number of aliphatic hydroxyl groups excluding tert-OH is 1. The first kappa shape index (κ1) is 12.7. The van der Waals surface area contributed by atoms with Crippen LogP contribution in [0.5, 0.6) is 0 Å². The molecule has 1 aromatic carbocycles. The Morgan fingerprint density at radius 2 is 2.05 bits per heavy atom. The first-order chi connectivity index (χ1) is 9.22. The third kappa shape index (κ3) is 2.81. The first-order valence-electron chi connectivity index (χ1n) is 6.38. The predicted octanol–water partition coefficient (Wildman–Crippen LogP) is 2.09. The van der Waals surface area contributed by atoms with Crippen LogP contribution in [-0.2, 0) is 13.1 Å². The molecule has 0 saturated heterocycles. The lowest BCUT2D eigenvalue weighted by atomic mass is 10.1. The van der Waals surface area contributed by atoms with Gasteiger partial charge in [-0.05, 0) is 17.7 Å². The van der Waals surface area contributed by atoms with Crippen LogP contribution in [0.15, 0.2) is 36.7 Å².